The molecule has 0 N–H and O–H groups in total. The van der Waals surface area contributed by atoms with Gasteiger partial charge in [0.1, 0.15) is 4.87 Å². The Kier molecular flexibility index (Phi) is 4.01. The summed E-state index contributed by atoms with van der Waals surface area (Å²) in [5.74, 6) is -1.70. The summed E-state index contributed by atoms with van der Waals surface area (Å²) < 4.78 is 0. The Labute approximate surface area is 202 Å². The van der Waals surface area contributed by atoms with Gasteiger partial charge in [-0.2, -0.15) is 0 Å². The van der Waals surface area contributed by atoms with Crippen molar-refractivity contribution in [2.24, 2.45) is 11.8 Å². The molecule has 2 bridgehead atoms. The smallest absolute Gasteiger partial charge is 0.240 e. The average molecular weight is 462 g/mol. The summed E-state index contributed by atoms with van der Waals surface area (Å²) in [7, 11) is 0. The fourth-order valence-electron chi connectivity index (χ4n) is 6.37. The summed E-state index contributed by atoms with van der Waals surface area (Å²) in [5.41, 5.74) is 6.73. The molecule has 0 radical (unpaired) electrons. The van der Waals surface area contributed by atoms with Gasteiger partial charge in [0.05, 0.1) is 17.5 Å². The molecule has 0 saturated carbocycles. The van der Waals surface area contributed by atoms with Gasteiger partial charge in [-0.05, 0) is 45.5 Å². The minimum atomic E-state index is -1.06. The van der Waals surface area contributed by atoms with Crippen LogP contribution < -0.4 is 4.90 Å². The minimum Gasteiger partial charge on any atom is -0.274 e. The SMILES string of the molecule is O=C1[C@@H]2[C@@H](C(=O)N1c1ccc(-c3ccccc3)cc1)C1c3ccccc3C2(Cl)c2ccccc21. The van der Waals surface area contributed by atoms with Crippen LogP contribution >= 0.6 is 11.6 Å². The molecule has 34 heavy (non-hydrogen) atoms. The quantitative estimate of drug-likeness (QED) is 0.267. The van der Waals surface area contributed by atoms with Gasteiger partial charge < -0.3 is 0 Å². The largest absolute Gasteiger partial charge is 0.274 e. The molecule has 164 valence electrons. The minimum absolute atomic E-state index is 0.165. The summed E-state index contributed by atoms with van der Waals surface area (Å²) in [4.78, 5) is 28.2. The van der Waals surface area contributed by atoms with Crippen molar-refractivity contribution < 1.29 is 9.59 Å². The number of rotatable bonds is 2. The number of alkyl halides is 1. The lowest BCUT2D eigenvalue weighted by Crippen LogP contribution is -2.50. The second kappa shape index (κ2) is 6.91. The molecule has 1 aliphatic heterocycles. The van der Waals surface area contributed by atoms with Crippen LogP contribution in [0, 0.1) is 11.8 Å². The first kappa shape index (κ1) is 19.7. The van der Waals surface area contributed by atoms with E-state index >= 15 is 0 Å². The second-order valence-electron chi connectivity index (χ2n) is 9.29. The molecular weight excluding hydrogens is 442 g/mol. The lowest BCUT2D eigenvalue weighted by molar-refractivity contribution is -0.122. The Morgan fingerprint density at radius 3 is 1.76 bits per heavy atom. The van der Waals surface area contributed by atoms with E-state index in [2.05, 4.69) is 12.1 Å². The molecule has 3 aliphatic carbocycles. The number of carbonyl (C=O) groups is 2. The van der Waals surface area contributed by atoms with Gasteiger partial charge >= 0.3 is 0 Å². The van der Waals surface area contributed by atoms with E-state index < -0.39 is 16.7 Å². The lowest BCUT2D eigenvalue weighted by Gasteiger charge is -2.50. The van der Waals surface area contributed by atoms with Crippen molar-refractivity contribution in [2.45, 2.75) is 10.8 Å². The molecule has 4 heteroatoms. The highest BCUT2D eigenvalue weighted by Crippen LogP contribution is 2.65. The molecule has 1 fully saturated rings. The Bertz CT molecular complexity index is 1430. The number of hydrogen-bond acceptors (Lipinski definition) is 2. The van der Waals surface area contributed by atoms with Crippen LogP contribution in [0.1, 0.15) is 28.2 Å². The number of hydrogen-bond donors (Lipinski definition) is 0. The molecule has 2 atom stereocenters. The van der Waals surface area contributed by atoms with Crippen LogP contribution in [0.25, 0.3) is 11.1 Å². The number of imide groups is 1. The van der Waals surface area contributed by atoms with E-state index in [1.807, 2.05) is 91.0 Å². The van der Waals surface area contributed by atoms with Crippen LogP contribution in [0.5, 0.6) is 0 Å². The monoisotopic (exact) mass is 461 g/mol. The Morgan fingerprint density at radius 2 is 1.15 bits per heavy atom. The van der Waals surface area contributed by atoms with Crippen molar-refractivity contribution in [3.63, 3.8) is 0 Å². The summed E-state index contributed by atoms with van der Waals surface area (Å²) in [5, 5.41) is 0. The molecule has 8 rings (SSSR count). The maximum Gasteiger partial charge on any atom is 0.240 e. The number of carbonyl (C=O) groups excluding carboxylic acids is 2. The second-order valence-corrected chi connectivity index (χ2v) is 9.89. The number of halogens is 1. The molecule has 0 aromatic heterocycles. The van der Waals surface area contributed by atoms with Gasteiger partial charge in [-0.25, -0.2) is 4.90 Å². The van der Waals surface area contributed by atoms with Gasteiger partial charge in [0.2, 0.25) is 11.8 Å². The first-order valence-electron chi connectivity index (χ1n) is 11.5. The highest BCUT2D eigenvalue weighted by atomic mass is 35.5. The van der Waals surface area contributed by atoms with E-state index in [1.54, 1.807) is 0 Å². The Morgan fingerprint density at radius 1 is 0.618 bits per heavy atom. The van der Waals surface area contributed by atoms with E-state index in [0.717, 1.165) is 33.4 Å². The van der Waals surface area contributed by atoms with Crippen molar-refractivity contribution in [1.82, 2.24) is 0 Å². The van der Waals surface area contributed by atoms with Crippen molar-refractivity contribution in [2.75, 3.05) is 4.90 Å². The van der Waals surface area contributed by atoms with Gasteiger partial charge in [0.15, 0.2) is 0 Å². The fraction of sp³-hybridized carbons (Fsp3) is 0.133. The number of anilines is 1. The van der Waals surface area contributed by atoms with Crippen molar-refractivity contribution in [1.29, 1.82) is 0 Å². The lowest BCUT2D eigenvalue weighted by atomic mass is 9.54. The molecule has 4 aromatic rings. The van der Waals surface area contributed by atoms with Crippen LogP contribution in [0.2, 0.25) is 0 Å². The zero-order valence-electron chi connectivity index (χ0n) is 18.2. The highest BCUT2D eigenvalue weighted by molar-refractivity contribution is 6.33. The third-order valence-corrected chi connectivity index (χ3v) is 8.39. The summed E-state index contributed by atoms with van der Waals surface area (Å²) in [6, 6.07) is 33.7. The number of amides is 2. The summed E-state index contributed by atoms with van der Waals surface area (Å²) in [6.45, 7) is 0. The van der Waals surface area contributed by atoms with Crippen molar-refractivity contribution >= 4 is 29.1 Å². The zero-order chi connectivity index (χ0) is 23.0. The van der Waals surface area contributed by atoms with Crippen molar-refractivity contribution in [3.8, 4) is 11.1 Å². The van der Waals surface area contributed by atoms with Gasteiger partial charge in [0.25, 0.3) is 0 Å². The standard InChI is InChI=1S/C30H20ClNO2/c31-30-23-12-6-4-10-21(23)25(22-11-5-7-13-24(22)30)26-27(30)29(34)32(28(26)33)20-16-14-19(15-17-20)18-8-2-1-3-9-18/h1-17,25-27H/t25?,26-,27-,30?/m0/s1. The van der Waals surface area contributed by atoms with E-state index in [1.165, 1.54) is 4.90 Å². The van der Waals surface area contributed by atoms with Gasteiger partial charge in [-0.3, -0.25) is 9.59 Å². The van der Waals surface area contributed by atoms with Gasteiger partial charge in [0, 0.05) is 5.92 Å². The topological polar surface area (TPSA) is 37.4 Å². The third kappa shape index (κ3) is 2.37. The normalized spacial score (nSPS) is 26.3. The van der Waals surface area contributed by atoms with Crippen LogP contribution in [-0.2, 0) is 14.5 Å². The molecule has 2 amide bonds. The molecular formula is C30H20ClNO2. The molecule has 1 saturated heterocycles. The Hall–Kier alpha value is -3.69. The molecule has 0 unspecified atom stereocenters. The molecule has 4 aromatic carbocycles. The van der Waals surface area contributed by atoms with Crippen LogP contribution in [0.4, 0.5) is 5.69 Å². The zero-order valence-corrected chi connectivity index (χ0v) is 18.9. The van der Waals surface area contributed by atoms with Crippen LogP contribution in [-0.4, -0.2) is 11.8 Å². The molecule has 4 aliphatic rings. The first-order valence-corrected chi connectivity index (χ1v) is 11.9. The van der Waals surface area contributed by atoms with Crippen LogP contribution in [0.3, 0.4) is 0 Å². The predicted molar refractivity (Wildman–Crippen MR) is 133 cm³/mol. The van der Waals surface area contributed by atoms with Gasteiger partial charge in [-0.1, -0.05) is 91.0 Å². The maximum atomic E-state index is 13.9. The molecule has 3 nitrogen and oxygen atoms in total. The fourth-order valence-corrected chi connectivity index (χ4v) is 6.94. The summed E-state index contributed by atoms with van der Waals surface area (Å²) >= 11 is 7.48. The van der Waals surface area contributed by atoms with Crippen molar-refractivity contribution in [3.05, 3.63) is 125 Å². The maximum absolute atomic E-state index is 13.9. The summed E-state index contributed by atoms with van der Waals surface area (Å²) in [6.07, 6.45) is 0. The highest BCUT2D eigenvalue weighted by Gasteiger charge is 2.67. The van der Waals surface area contributed by atoms with E-state index in [9.17, 15) is 9.59 Å². The Balaban J connectivity index is 1.36. The predicted octanol–water partition coefficient (Wildman–Crippen LogP) is 6.10. The third-order valence-electron chi connectivity index (χ3n) is 7.75. The average Bonchev–Trinajstić information content (AvgIpc) is 3.16. The van der Waals surface area contributed by atoms with E-state index in [0.29, 0.717) is 5.69 Å². The first-order chi connectivity index (χ1) is 16.6. The number of benzene rings is 4. The van der Waals surface area contributed by atoms with E-state index in [-0.39, 0.29) is 17.7 Å². The van der Waals surface area contributed by atoms with Gasteiger partial charge in [-0.15, -0.1) is 11.6 Å². The van der Waals surface area contributed by atoms with E-state index in [4.69, 9.17) is 11.6 Å². The molecule has 0 spiro atoms. The molecule has 1 heterocycles. The number of nitrogens with zero attached hydrogens (tertiary/aromatic N) is 1. The van der Waals surface area contributed by atoms with Crippen LogP contribution in [0.15, 0.2) is 103 Å².